The molecule has 0 aromatic heterocycles. The van der Waals surface area contributed by atoms with Crippen LogP contribution in [-0.2, 0) is 4.74 Å². The van der Waals surface area contributed by atoms with Gasteiger partial charge in [0.05, 0.1) is 6.10 Å². The second-order valence-corrected chi connectivity index (χ2v) is 5.77. The van der Waals surface area contributed by atoms with Crippen molar-refractivity contribution < 1.29 is 4.74 Å². The molecular weight excluding hydrogens is 198 g/mol. The molecule has 2 fully saturated rings. The van der Waals surface area contributed by atoms with Crippen LogP contribution in [0.2, 0.25) is 0 Å². The molecule has 0 aromatic carbocycles. The maximum atomic E-state index is 5.64. The molecule has 0 amide bonds. The van der Waals surface area contributed by atoms with Gasteiger partial charge in [0, 0.05) is 19.2 Å². The molecule has 0 spiro atoms. The van der Waals surface area contributed by atoms with Gasteiger partial charge >= 0.3 is 0 Å². The van der Waals surface area contributed by atoms with Gasteiger partial charge in [0.25, 0.3) is 0 Å². The first-order chi connectivity index (χ1) is 7.79. The molecule has 2 saturated carbocycles. The molecule has 3 atom stereocenters. The van der Waals surface area contributed by atoms with E-state index in [4.69, 9.17) is 4.74 Å². The summed E-state index contributed by atoms with van der Waals surface area (Å²) in [5, 5.41) is 3.81. The molecule has 94 valence electrons. The molecule has 16 heavy (non-hydrogen) atoms. The molecule has 0 radical (unpaired) electrons. The highest BCUT2D eigenvalue weighted by Gasteiger charge is 2.28. The highest BCUT2D eigenvalue weighted by atomic mass is 16.5. The van der Waals surface area contributed by atoms with Gasteiger partial charge in [0.1, 0.15) is 0 Å². The fourth-order valence-corrected chi connectivity index (χ4v) is 3.03. The second-order valence-electron chi connectivity index (χ2n) is 5.77. The summed E-state index contributed by atoms with van der Waals surface area (Å²) in [4.78, 5) is 0. The van der Waals surface area contributed by atoms with E-state index in [2.05, 4.69) is 12.2 Å². The zero-order valence-corrected chi connectivity index (χ0v) is 10.9. The SMILES string of the molecule is COC1CCCCCC1NC(C)CC1CC1. The smallest absolute Gasteiger partial charge is 0.0724 e. The Hall–Kier alpha value is -0.0800. The van der Waals surface area contributed by atoms with E-state index < -0.39 is 0 Å². The average Bonchev–Trinajstić information content (AvgIpc) is 3.06. The minimum absolute atomic E-state index is 0.448. The van der Waals surface area contributed by atoms with Gasteiger partial charge in [-0.25, -0.2) is 0 Å². The molecule has 2 aliphatic rings. The summed E-state index contributed by atoms with van der Waals surface area (Å²) >= 11 is 0. The van der Waals surface area contributed by atoms with Crippen molar-refractivity contribution in [1.82, 2.24) is 5.32 Å². The normalized spacial score (nSPS) is 33.4. The summed E-state index contributed by atoms with van der Waals surface area (Å²) in [5.74, 6) is 1.02. The van der Waals surface area contributed by atoms with E-state index in [1.807, 2.05) is 7.11 Å². The predicted molar refractivity (Wildman–Crippen MR) is 67.6 cm³/mol. The number of hydrogen-bond acceptors (Lipinski definition) is 2. The molecular formula is C14H27NO. The van der Waals surface area contributed by atoms with Crippen molar-refractivity contribution in [3.63, 3.8) is 0 Å². The number of nitrogens with one attached hydrogen (secondary N) is 1. The molecule has 0 aromatic rings. The highest BCUT2D eigenvalue weighted by molar-refractivity contribution is 4.85. The fourth-order valence-electron chi connectivity index (χ4n) is 3.03. The van der Waals surface area contributed by atoms with Gasteiger partial charge in [0.15, 0.2) is 0 Å². The molecule has 0 heterocycles. The largest absolute Gasteiger partial charge is 0.380 e. The van der Waals surface area contributed by atoms with Gasteiger partial charge in [-0.2, -0.15) is 0 Å². The van der Waals surface area contributed by atoms with Gasteiger partial charge in [0.2, 0.25) is 0 Å². The molecule has 1 N–H and O–H groups in total. The summed E-state index contributed by atoms with van der Waals surface area (Å²) in [6, 6.07) is 1.27. The van der Waals surface area contributed by atoms with E-state index >= 15 is 0 Å². The first-order valence-electron chi connectivity index (χ1n) is 7.08. The van der Waals surface area contributed by atoms with Crippen molar-refractivity contribution in [2.24, 2.45) is 5.92 Å². The van der Waals surface area contributed by atoms with E-state index in [1.54, 1.807) is 0 Å². The second kappa shape index (κ2) is 6.02. The Morgan fingerprint density at radius 1 is 1.12 bits per heavy atom. The summed E-state index contributed by atoms with van der Waals surface area (Å²) < 4.78 is 5.64. The van der Waals surface area contributed by atoms with Crippen LogP contribution in [0, 0.1) is 5.92 Å². The van der Waals surface area contributed by atoms with Crippen molar-refractivity contribution in [2.45, 2.75) is 76.5 Å². The monoisotopic (exact) mass is 225 g/mol. The van der Waals surface area contributed by atoms with Crippen LogP contribution in [0.1, 0.15) is 58.3 Å². The third kappa shape index (κ3) is 3.74. The van der Waals surface area contributed by atoms with Crippen molar-refractivity contribution in [2.75, 3.05) is 7.11 Å². The van der Waals surface area contributed by atoms with E-state index in [0.717, 1.165) is 5.92 Å². The van der Waals surface area contributed by atoms with Gasteiger partial charge in [-0.05, 0) is 32.1 Å². The Bertz CT molecular complexity index is 203. The molecule has 2 nitrogen and oxygen atoms in total. The molecule has 2 rings (SSSR count). The molecule has 0 saturated heterocycles. The first-order valence-corrected chi connectivity index (χ1v) is 7.08. The Kier molecular flexibility index (Phi) is 4.66. The Morgan fingerprint density at radius 3 is 2.56 bits per heavy atom. The molecule has 2 heteroatoms. The number of methoxy groups -OCH3 is 1. The maximum absolute atomic E-state index is 5.64. The molecule has 3 unspecified atom stereocenters. The van der Waals surface area contributed by atoms with E-state index in [1.165, 1.54) is 51.4 Å². The van der Waals surface area contributed by atoms with Crippen molar-refractivity contribution in [3.05, 3.63) is 0 Å². The number of hydrogen-bond donors (Lipinski definition) is 1. The van der Waals surface area contributed by atoms with Crippen LogP contribution in [0.5, 0.6) is 0 Å². The standard InChI is InChI=1S/C14H27NO/c1-11(10-12-8-9-12)15-13-6-4-3-5-7-14(13)16-2/h11-15H,3-10H2,1-2H3. The lowest BCUT2D eigenvalue weighted by atomic mass is 10.0. The summed E-state index contributed by atoms with van der Waals surface area (Å²) in [6.07, 6.45) is 11.4. The quantitative estimate of drug-likeness (QED) is 0.726. The molecule has 0 aliphatic heterocycles. The van der Waals surface area contributed by atoms with Gasteiger partial charge in [-0.15, -0.1) is 0 Å². The number of ether oxygens (including phenoxy) is 1. The van der Waals surface area contributed by atoms with E-state index in [9.17, 15) is 0 Å². The van der Waals surface area contributed by atoms with Crippen molar-refractivity contribution in [1.29, 1.82) is 0 Å². The van der Waals surface area contributed by atoms with Crippen LogP contribution < -0.4 is 5.32 Å². The van der Waals surface area contributed by atoms with Crippen molar-refractivity contribution in [3.8, 4) is 0 Å². The Morgan fingerprint density at radius 2 is 1.88 bits per heavy atom. The van der Waals surface area contributed by atoms with E-state index in [-0.39, 0.29) is 0 Å². The van der Waals surface area contributed by atoms with E-state index in [0.29, 0.717) is 18.2 Å². The highest BCUT2D eigenvalue weighted by Crippen LogP contribution is 2.33. The lowest BCUT2D eigenvalue weighted by molar-refractivity contribution is 0.0591. The lowest BCUT2D eigenvalue weighted by Crippen LogP contribution is -2.44. The summed E-state index contributed by atoms with van der Waals surface area (Å²) in [5.41, 5.74) is 0. The molecule has 2 aliphatic carbocycles. The first kappa shape index (κ1) is 12.4. The van der Waals surface area contributed by atoms with Gasteiger partial charge < -0.3 is 10.1 Å². The van der Waals surface area contributed by atoms with Crippen LogP contribution in [0.3, 0.4) is 0 Å². The van der Waals surface area contributed by atoms with Gasteiger partial charge in [-0.1, -0.05) is 32.1 Å². The Balaban J connectivity index is 1.78. The topological polar surface area (TPSA) is 21.3 Å². The third-order valence-electron chi connectivity index (χ3n) is 4.14. The maximum Gasteiger partial charge on any atom is 0.0724 e. The van der Waals surface area contributed by atoms with Gasteiger partial charge in [-0.3, -0.25) is 0 Å². The zero-order chi connectivity index (χ0) is 11.4. The van der Waals surface area contributed by atoms with Crippen LogP contribution in [-0.4, -0.2) is 25.3 Å². The average molecular weight is 225 g/mol. The minimum atomic E-state index is 0.448. The minimum Gasteiger partial charge on any atom is -0.380 e. The summed E-state index contributed by atoms with van der Waals surface area (Å²) in [6.45, 7) is 2.34. The van der Waals surface area contributed by atoms with Crippen LogP contribution in [0.25, 0.3) is 0 Å². The van der Waals surface area contributed by atoms with Crippen LogP contribution >= 0.6 is 0 Å². The summed E-state index contributed by atoms with van der Waals surface area (Å²) in [7, 11) is 1.87. The fraction of sp³-hybridized carbons (Fsp3) is 1.00. The number of rotatable bonds is 5. The Labute approximate surface area is 100 Å². The predicted octanol–water partition coefficient (Wildman–Crippen LogP) is 3.11. The van der Waals surface area contributed by atoms with Crippen molar-refractivity contribution >= 4 is 0 Å². The zero-order valence-electron chi connectivity index (χ0n) is 10.9. The third-order valence-corrected chi connectivity index (χ3v) is 4.14. The van der Waals surface area contributed by atoms with Crippen LogP contribution in [0.4, 0.5) is 0 Å². The van der Waals surface area contributed by atoms with Crippen LogP contribution in [0.15, 0.2) is 0 Å². The lowest BCUT2D eigenvalue weighted by Gasteiger charge is -2.28. The molecule has 0 bridgehead atoms.